The van der Waals surface area contributed by atoms with E-state index in [1.165, 1.54) is 4.88 Å². The minimum Gasteiger partial charge on any atom is -0.329 e. The average molecular weight is 453 g/mol. The molecule has 0 saturated carbocycles. The lowest BCUT2D eigenvalue weighted by Crippen LogP contribution is -2.32. The van der Waals surface area contributed by atoms with E-state index in [0.717, 1.165) is 18.8 Å². The van der Waals surface area contributed by atoms with Gasteiger partial charge in [0.15, 0.2) is 0 Å². The van der Waals surface area contributed by atoms with Crippen LogP contribution in [-0.4, -0.2) is 18.5 Å². The van der Waals surface area contributed by atoms with Gasteiger partial charge < -0.3 is 5.73 Å². The SMILES string of the molecule is CC(c1ccccc1Cl)N(C)C(CN)c1cc(Br)c(Br)s1. The molecular weight excluding hydrogens is 436 g/mol. The van der Waals surface area contributed by atoms with Crippen molar-refractivity contribution >= 4 is 54.8 Å². The number of rotatable bonds is 5. The molecule has 1 aromatic heterocycles. The Morgan fingerprint density at radius 1 is 1.33 bits per heavy atom. The predicted molar refractivity (Wildman–Crippen MR) is 99.1 cm³/mol. The van der Waals surface area contributed by atoms with E-state index < -0.39 is 0 Å². The fourth-order valence-corrected chi connectivity index (χ4v) is 4.86. The second-order valence-electron chi connectivity index (χ2n) is 4.88. The summed E-state index contributed by atoms with van der Waals surface area (Å²) in [4.78, 5) is 3.50. The number of nitrogens with two attached hydrogens (primary N) is 1. The van der Waals surface area contributed by atoms with Gasteiger partial charge in [0.2, 0.25) is 0 Å². The first-order chi connectivity index (χ1) is 9.95. The summed E-state index contributed by atoms with van der Waals surface area (Å²) in [5, 5.41) is 0.793. The number of benzene rings is 1. The topological polar surface area (TPSA) is 29.3 Å². The first kappa shape index (κ1) is 17.4. The van der Waals surface area contributed by atoms with E-state index in [0.29, 0.717) is 6.54 Å². The molecule has 2 nitrogen and oxygen atoms in total. The first-order valence-electron chi connectivity index (χ1n) is 6.56. The number of thiophene rings is 1. The maximum Gasteiger partial charge on any atom is 0.0843 e. The van der Waals surface area contributed by atoms with Crippen molar-refractivity contribution in [1.82, 2.24) is 4.90 Å². The minimum atomic E-state index is 0.156. The van der Waals surface area contributed by atoms with Crippen LogP contribution < -0.4 is 5.73 Å². The van der Waals surface area contributed by atoms with E-state index in [2.05, 4.69) is 62.9 Å². The average Bonchev–Trinajstić information content (AvgIpc) is 2.79. The Kier molecular flexibility index (Phi) is 6.29. The molecule has 6 heteroatoms. The molecule has 21 heavy (non-hydrogen) atoms. The molecule has 0 fully saturated rings. The van der Waals surface area contributed by atoms with Crippen LogP contribution in [0.25, 0.3) is 0 Å². The van der Waals surface area contributed by atoms with Gasteiger partial charge in [0.05, 0.1) is 9.83 Å². The maximum atomic E-state index is 6.32. The summed E-state index contributed by atoms with van der Waals surface area (Å²) in [6.45, 7) is 2.71. The Morgan fingerprint density at radius 2 is 2.00 bits per heavy atom. The zero-order valence-corrected chi connectivity index (χ0v) is 16.6. The molecule has 2 unspecified atom stereocenters. The molecule has 0 saturated heterocycles. The molecule has 0 spiro atoms. The molecule has 1 heterocycles. The number of hydrogen-bond acceptors (Lipinski definition) is 3. The van der Waals surface area contributed by atoms with Crippen molar-refractivity contribution in [2.24, 2.45) is 5.73 Å². The van der Waals surface area contributed by atoms with Crippen molar-refractivity contribution in [2.45, 2.75) is 19.0 Å². The van der Waals surface area contributed by atoms with Gasteiger partial charge in [0.25, 0.3) is 0 Å². The van der Waals surface area contributed by atoms with E-state index in [1.807, 2.05) is 18.2 Å². The van der Waals surface area contributed by atoms with Gasteiger partial charge in [-0.1, -0.05) is 29.8 Å². The van der Waals surface area contributed by atoms with Gasteiger partial charge in [0, 0.05) is 27.0 Å². The smallest absolute Gasteiger partial charge is 0.0843 e. The highest BCUT2D eigenvalue weighted by Crippen LogP contribution is 2.39. The van der Waals surface area contributed by atoms with Crippen LogP contribution in [0.1, 0.15) is 29.4 Å². The van der Waals surface area contributed by atoms with Crippen LogP contribution in [-0.2, 0) is 0 Å². The van der Waals surface area contributed by atoms with Gasteiger partial charge in [-0.2, -0.15) is 0 Å². The number of nitrogens with zero attached hydrogens (tertiary/aromatic N) is 1. The molecule has 2 aromatic rings. The van der Waals surface area contributed by atoms with Gasteiger partial charge in [-0.3, -0.25) is 4.90 Å². The molecule has 0 aliphatic heterocycles. The van der Waals surface area contributed by atoms with Crippen LogP contribution >= 0.6 is 54.8 Å². The van der Waals surface area contributed by atoms with Gasteiger partial charge in [-0.05, 0) is 63.5 Å². The van der Waals surface area contributed by atoms with Crippen LogP contribution in [0, 0.1) is 0 Å². The largest absolute Gasteiger partial charge is 0.329 e. The number of halogens is 3. The molecule has 0 amide bonds. The summed E-state index contributed by atoms with van der Waals surface area (Å²) in [6.07, 6.45) is 0. The van der Waals surface area contributed by atoms with Crippen LogP contribution in [0.3, 0.4) is 0 Å². The van der Waals surface area contributed by atoms with Gasteiger partial charge in [-0.25, -0.2) is 0 Å². The molecular formula is C15H17Br2ClN2S. The Morgan fingerprint density at radius 3 is 2.52 bits per heavy atom. The Bertz CT molecular complexity index is 598. The number of hydrogen-bond donors (Lipinski definition) is 1. The fourth-order valence-electron chi connectivity index (χ4n) is 2.31. The monoisotopic (exact) mass is 450 g/mol. The standard InChI is InChI=1S/C15H17Br2ClN2S/c1-9(10-5-3-4-6-12(10)18)20(2)13(8-19)14-7-11(16)15(17)21-14/h3-7,9,13H,8,19H2,1-2H3. The highest BCUT2D eigenvalue weighted by atomic mass is 79.9. The van der Waals surface area contributed by atoms with Gasteiger partial charge in [0.1, 0.15) is 0 Å². The molecule has 2 rings (SSSR count). The lowest BCUT2D eigenvalue weighted by Gasteiger charge is -2.32. The summed E-state index contributed by atoms with van der Waals surface area (Å²) >= 11 is 15.1. The van der Waals surface area contributed by atoms with E-state index in [-0.39, 0.29) is 12.1 Å². The van der Waals surface area contributed by atoms with Crippen LogP contribution in [0.2, 0.25) is 5.02 Å². The summed E-state index contributed by atoms with van der Waals surface area (Å²) in [6, 6.07) is 10.4. The maximum absolute atomic E-state index is 6.32. The lowest BCUT2D eigenvalue weighted by atomic mass is 10.0. The number of likely N-dealkylation sites (N-methyl/N-ethyl adjacent to an activating group) is 1. The lowest BCUT2D eigenvalue weighted by molar-refractivity contribution is 0.193. The quantitative estimate of drug-likeness (QED) is 0.638. The van der Waals surface area contributed by atoms with Gasteiger partial charge in [-0.15, -0.1) is 11.3 Å². The zero-order chi connectivity index (χ0) is 15.6. The van der Waals surface area contributed by atoms with E-state index >= 15 is 0 Å². The fraction of sp³-hybridized carbons (Fsp3) is 0.333. The van der Waals surface area contributed by atoms with Crippen molar-refractivity contribution in [3.8, 4) is 0 Å². The third kappa shape index (κ3) is 3.89. The predicted octanol–water partition coefficient (Wildman–Crippen LogP) is 5.62. The van der Waals surface area contributed by atoms with E-state index in [9.17, 15) is 0 Å². The van der Waals surface area contributed by atoms with E-state index in [1.54, 1.807) is 11.3 Å². The second kappa shape index (κ2) is 7.57. The molecule has 0 radical (unpaired) electrons. The van der Waals surface area contributed by atoms with Crippen LogP contribution in [0.4, 0.5) is 0 Å². The molecule has 1 aromatic carbocycles. The highest BCUT2D eigenvalue weighted by Gasteiger charge is 2.24. The van der Waals surface area contributed by atoms with Crippen LogP contribution in [0.15, 0.2) is 38.6 Å². The summed E-state index contributed by atoms with van der Waals surface area (Å²) in [5.41, 5.74) is 7.14. The second-order valence-corrected chi connectivity index (χ2v) is 8.55. The van der Waals surface area contributed by atoms with Crippen LogP contribution in [0.5, 0.6) is 0 Å². The molecule has 0 aliphatic rings. The highest BCUT2D eigenvalue weighted by molar-refractivity contribution is 9.13. The normalized spacial score (nSPS) is 14.4. The van der Waals surface area contributed by atoms with Crippen molar-refractivity contribution in [2.75, 3.05) is 13.6 Å². The summed E-state index contributed by atoms with van der Waals surface area (Å²) < 4.78 is 2.16. The molecule has 2 atom stereocenters. The minimum absolute atomic E-state index is 0.156. The molecule has 0 bridgehead atoms. The zero-order valence-electron chi connectivity index (χ0n) is 11.8. The Balaban J connectivity index is 2.28. The van der Waals surface area contributed by atoms with Crippen molar-refractivity contribution in [1.29, 1.82) is 0 Å². The summed E-state index contributed by atoms with van der Waals surface area (Å²) in [7, 11) is 2.09. The Labute approximate surface area is 151 Å². The van der Waals surface area contributed by atoms with Crippen molar-refractivity contribution in [3.63, 3.8) is 0 Å². The van der Waals surface area contributed by atoms with Crippen molar-refractivity contribution in [3.05, 3.63) is 54.1 Å². The van der Waals surface area contributed by atoms with E-state index in [4.69, 9.17) is 17.3 Å². The molecule has 2 N–H and O–H groups in total. The first-order valence-corrected chi connectivity index (χ1v) is 9.35. The Hall–Kier alpha value is 0.0900. The third-order valence-corrected chi connectivity index (χ3v) is 7.38. The third-order valence-electron chi connectivity index (χ3n) is 3.67. The molecule has 0 aliphatic carbocycles. The van der Waals surface area contributed by atoms with Crippen molar-refractivity contribution < 1.29 is 0 Å². The summed E-state index contributed by atoms with van der Waals surface area (Å²) in [5.74, 6) is 0. The molecule has 114 valence electrons. The van der Waals surface area contributed by atoms with Gasteiger partial charge >= 0.3 is 0 Å².